The van der Waals surface area contributed by atoms with Gasteiger partial charge in [-0.3, -0.25) is 0 Å². The highest BCUT2D eigenvalue weighted by molar-refractivity contribution is 5.79. The molecule has 0 radical (unpaired) electrons. The van der Waals surface area contributed by atoms with Crippen molar-refractivity contribution in [2.45, 2.75) is 26.8 Å². The molecule has 1 aromatic rings. The standard InChI is InChI=1S/C15H23NO4/c1-10(2)9-20-15(17)11(3)16-12-6-13(18-4)8-14(7-12)19-5/h6-8,10-11,16H,9H2,1-5H3/t11-/m0/s1. The van der Waals surface area contributed by atoms with E-state index in [-0.39, 0.29) is 5.97 Å². The van der Waals surface area contributed by atoms with Crippen LogP contribution in [0.2, 0.25) is 0 Å². The predicted molar refractivity (Wildman–Crippen MR) is 78.4 cm³/mol. The van der Waals surface area contributed by atoms with Gasteiger partial charge in [0.05, 0.1) is 20.8 Å². The molecular weight excluding hydrogens is 258 g/mol. The van der Waals surface area contributed by atoms with E-state index in [1.165, 1.54) is 0 Å². The smallest absolute Gasteiger partial charge is 0.328 e. The number of nitrogens with one attached hydrogen (secondary N) is 1. The van der Waals surface area contributed by atoms with E-state index in [1.807, 2.05) is 13.8 Å². The molecular formula is C15H23NO4. The van der Waals surface area contributed by atoms with Crippen LogP contribution in [-0.2, 0) is 9.53 Å². The van der Waals surface area contributed by atoms with Gasteiger partial charge in [-0.05, 0) is 12.8 Å². The topological polar surface area (TPSA) is 56.8 Å². The number of methoxy groups -OCH3 is 2. The molecule has 1 atom stereocenters. The van der Waals surface area contributed by atoms with Crippen LogP contribution in [0.4, 0.5) is 5.69 Å². The quantitative estimate of drug-likeness (QED) is 0.779. The van der Waals surface area contributed by atoms with Gasteiger partial charge in [-0.15, -0.1) is 0 Å². The summed E-state index contributed by atoms with van der Waals surface area (Å²) in [6, 6.07) is 4.93. The lowest BCUT2D eigenvalue weighted by Crippen LogP contribution is -2.29. The van der Waals surface area contributed by atoms with Gasteiger partial charge in [-0.1, -0.05) is 13.8 Å². The van der Waals surface area contributed by atoms with Crippen molar-refractivity contribution in [3.63, 3.8) is 0 Å². The Morgan fingerprint density at radius 2 is 1.65 bits per heavy atom. The van der Waals surface area contributed by atoms with Crippen molar-refractivity contribution in [1.29, 1.82) is 0 Å². The zero-order chi connectivity index (χ0) is 15.1. The molecule has 0 amide bonds. The van der Waals surface area contributed by atoms with Crippen LogP contribution >= 0.6 is 0 Å². The maximum absolute atomic E-state index is 11.8. The first-order valence-corrected chi connectivity index (χ1v) is 6.62. The molecule has 0 spiro atoms. The average Bonchev–Trinajstić information content (AvgIpc) is 2.43. The number of anilines is 1. The Hall–Kier alpha value is -1.91. The molecule has 5 nitrogen and oxygen atoms in total. The SMILES string of the molecule is COc1cc(N[C@@H](C)C(=O)OCC(C)C)cc(OC)c1. The summed E-state index contributed by atoms with van der Waals surface area (Å²) in [5.41, 5.74) is 0.746. The number of rotatable bonds is 7. The van der Waals surface area contributed by atoms with Crippen LogP contribution in [0.5, 0.6) is 11.5 Å². The predicted octanol–water partition coefficient (Wildman–Crippen LogP) is 2.70. The van der Waals surface area contributed by atoms with Crippen molar-refractivity contribution in [3.8, 4) is 11.5 Å². The Morgan fingerprint density at radius 1 is 1.10 bits per heavy atom. The monoisotopic (exact) mass is 281 g/mol. The van der Waals surface area contributed by atoms with Crippen LogP contribution in [0.25, 0.3) is 0 Å². The molecule has 1 N–H and O–H groups in total. The minimum absolute atomic E-state index is 0.277. The molecule has 0 saturated heterocycles. The van der Waals surface area contributed by atoms with Gasteiger partial charge < -0.3 is 19.5 Å². The third-order valence-electron chi connectivity index (χ3n) is 2.65. The zero-order valence-electron chi connectivity index (χ0n) is 12.7. The van der Waals surface area contributed by atoms with Crippen molar-refractivity contribution >= 4 is 11.7 Å². The first kappa shape index (κ1) is 16.1. The molecule has 0 bridgehead atoms. The van der Waals surface area contributed by atoms with E-state index < -0.39 is 6.04 Å². The minimum Gasteiger partial charge on any atom is -0.497 e. The van der Waals surface area contributed by atoms with E-state index >= 15 is 0 Å². The van der Waals surface area contributed by atoms with E-state index in [0.717, 1.165) is 5.69 Å². The van der Waals surface area contributed by atoms with Gasteiger partial charge in [0.1, 0.15) is 17.5 Å². The molecule has 0 saturated carbocycles. The number of hydrogen-bond acceptors (Lipinski definition) is 5. The molecule has 0 aliphatic carbocycles. The second kappa shape index (κ2) is 7.62. The minimum atomic E-state index is -0.439. The van der Waals surface area contributed by atoms with Gasteiger partial charge in [0.2, 0.25) is 0 Å². The summed E-state index contributed by atoms with van der Waals surface area (Å²) in [5, 5.41) is 3.08. The highest BCUT2D eigenvalue weighted by atomic mass is 16.5. The number of hydrogen-bond donors (Lipinski definition) is 1. The molecule has 112 valence electrons. The Bertz CT molecular complexity index is 423. The van der Waals surface area contributed by atoms with E-state index in [4.69, 9.17) is 14.2 Å². The number of carbonyl (C=O) groups excluding carboxylic acids is 1. The number of ether oxygens (including phenoxy) is 3. The molecule has 5 heteroatoms. The second-order valence-corrected chi connectivity index (χ2v) is 4.99. The summed E-state index contributed by atoms with van der Waals surface area (Å²) in [7, 11) is 3.16. The molecule has 0 aromatic heterocycles. The molecule has 0 unspecified atom stereocenters. The van der Waals surface area contributed by atoms with Crippen LogP contribution < -0.4 is 14.8 Å². The second-order valence-electron chi connectivity index (χ2n) is 4.99. The first-order chi connectivity index (χ1) is 9.46. The maximum Gasteiger partial charge on any atom is 0.328 e. The highest BCUT2D eigenvalue weighted by Gasteiger charge is 2.15. The molecule has 0 aliphatic heterocycles. The van der Waals surface area contributed by atoms with Gasteiger partial charge in [0.15, 0.2) is 0 Å². The van der Waals surface area contributed by atoms with Gasteiger partial charge in [0, 0.05) is 23.9 Å². The van der Waals surface area contributed by atoms with E-state index in [2.05, 4.69) is 5.32 Å². The van der Waals surface area contributed by atoms with Gasteiger partial charge in [-0.25, -0.2) is 4.79 Å². The van der Waals surface area contributed by atoms with E-state index in [9.17, 15) is 4.79 Å². The summed E-state index contributed by atoms with van der Waals surface area (Å²) in [6.45, 7) is 6.18. The third kappa shape index (κ3) is 4.99. The molecule has 0 heterocycles. The molecule has 20 heavy (non-hydrogen) atoms. The zero-order valence-corrected chi connectivity index (χ0v) is 12.7. The van der Waals surface area contributed by atoms with Crippen LogP contribution in [0.1, 0.15) is 20.8 Å². The van der Waals surface area contributed by atoms with Crippen molar-refractivity contribution < 1.29 is 19.0 Å². The van der Waals surface area contributed by atoms with Crippen LogP contribution in [0.3, 0.4) is 0 Å². The van der Waals surface area contributed by atoms with Crippen molar-refractivity contribution in [2.24, 2.45) is 5.92 Å². The highest BCUT2D eigenvalue weighted by Crippen LogP contribution is 2.26. The number of carbonyl (C=O) groups is 1. The fraction of sp³-hybridized carbons (Fsp3) is 0.533. The normalized spacial score (nSPS) is 11.9. The number of esters is 1. The Morgan fingerprint density at radius 3 is 2.10 bits per heavy atom. The van der Waals surface area contributed by atoms with Crippen molar-refractivity contribution in [3.05, 3.63) is 18.2 Å². The fourth-order valence-electron chi connectivity index (χ4n) is 1.57. The van der Waals surface area contributed by atoms with Crippen molar-refractivity contribution in [2.75, 3.05) is 26.1 Å². The lowest BCUT2D eigenvalue weighted by atomic mass is 10.2. The van der Waals surface area contributed by atoms with Gasteiger partial charge in [0.25, 0.3) is 0 Å². The maximum atomic E-state index is 11.8. The van der Waals surface area contributed by atoms with Gasteiger partial charge >= 0.3 is 5.97 Å². The Labute approximate surface area is 120 Å². The Balaban J connectivity index is 2.69. The van der Waals surface area contributed by atoms with Crippen LogP contribution in [0.15, 0.2) is 18.2 Å². The molecule has 1 rings (SSSR count). The molecule has 1 aromatic carbocycles. The summed E-state index contributed by atoms with van der Waals surface area (Å²) < 4.78 is 15.6. The van der Waals surface area contributed by atoms with E-state index in [0.29, 0.717) is 24.0 Å². The first-order valence-electron chi connectivity index (χ1n) is 6.62. The summed E-state index contributed by atoms with van der Waals surface area (Å²) in [5.74, 6) is 1.37. The lowest BCUT2D eigenvalue weighted by molar-refractivity contribution is -0.145. The van der Waals surface area contributed by atoms with Crippen LogP contribution in [0, 0.1) is 5.92 Å². The molecule has 0 aliphatic rings. The van der Waals surface area contributed by atoms with E-state index in [1.54, 1.807) is 39.3 Å². The summed E-state index contributed by atoms with van der Waals surface area (Å²) in [6.07, 6.45) is 0. The fourth-order valence-corrected chi connectivity index (χ4v) is 1.57. The van der Waals surface area contributed by atoms with Crippen LogP contribution in [-0.4, -0.2) is 32.8 Å². The Kier molecular flexibility index (Phi) is 6.15. The molecule has 0 fully saturated rings. The average molecular weight is 281 g/mol. The summed E-state index contributed by atoms with van der Waals surface area (Å²) in [4.78, 5) is 11.8. The number of benzene rings is 1. The third-order valence-corrected chi connectivity index (χ3v) is 2.65. The lowest BCUT2D eigenvalue weighted by Gasteiger charge is -2.16. The van der Waals surface area contributed by atoms with Crippen molar-refractivity contribution in [1.82, 2.24) is 0 Å². The largest absolute Gasteiger partial charge is 0.497 e. The summed E-state index contributed by atoms with van der Waals surface area (Å²) >= 11 is 0. The van der Waals surface area contributed by atoms with Gasteiger partial charge in [-0.2, -0.15) is 0 Å².